The molecule has 0 saturated heterocycles. The highest BCUT2D eigenvalue weighted by molar-refractivity contribution is 5.81. The summed E-state index contributed by atoms with van der Waals surface area (Å²) in [5.41, 5.74) is 4.54. The Morgan fingerprint density at radius 2 is 0.826 bits per heavy atom. The summed E-state index contributed by atoms with van der Waals surface area (Å²) < 4.78 is 12.1. The summed E-state index contributed by atoms with van der Waals surface area (Å²) in [5, 5.41) is 0. The average Bonchev–Trinajstić information content (AvgIpc) is 3.11. The molecule has 4 rings (SSSR count). The highest BCUT2D eigenvalue weighted by Crippen LogP contribution is 2.34. The van der Waals surface area contributed by atoms with E-state index in [-0.39, 0.29) is 17.6 Å². The Bertz CT molecular complexity index is 1290. The molecule has 46 heavy (non-hydrogen) atoms. The van der Waals surface area contributed by atoms with Gasteiger partial charge < -0.3 is 19.3 Å². The van der Waals surface area contributed by atoms with Crippen molar-refractivity contribution in [1.29, 1.82) is 0 Å². The molecular weight excluding hydrogens is 568 g/mol. The van der Waals surface area contributed by atoms with Gasteiger partial charge in [0.25, 0.3) is 0 Å². The van der Waals surface area contributed by atoms with E-state index >= 15 is 0 Å². The van der Waals surface area contributed by atoms with E-state index in [1.165, 1.54) is 0 Å². The van der Waals surface area contributed by atoms with Crippen LogP contribution in [0.2, 0.25) is 0 Å². The number of rotatable bonds is 20. The van der Waals surface area contributed by atoms with E-state index in [1.807, 2.05) is 36.4 Å². The second-order valence-corrected chi connectivity index (χ2v) is 11.8. The number of nitrogens with zero attached hydrogens (tertiary/aromatic N) is 2. The number of carbonyl (C=O) groups excluding carboxylic acids is 1. The first kappa shape index (κ1) is 34.9. The summed E-state index contributed by atoms with van der Waals surface area (Å²) in [5.74, 6) is 1.90. The van der Waals surface area contributed by atoms with Gasteiger partial charge in [-0.15, -0.1) is 0 Å². The average molecular weight is 621 g/mol. The van der Waals surface area contributed by atoms with Gasteiger partial charge >= 0.3 is 0 Å². The molecule has 5 nitrogen and oxygen atoms in total. The van der Waals surface area contributed by atoms with Crippen molar-refractivity contribution in [2.45, 2.75) is 52.4 Å². The molecule has 0 aromatic heterocycles. The minimum atomic E-state index is -0.0311. The van der Waals surface area contributed by atoms with Gasteiger partial charge in [-0.2, -0.15) is 0 Å². The van der Waals surface area contributed by atoms with Crippen LogP contribution in [-0.2, 0) is 4.79 Å². The third-order valence-corrected chi connectivity index (χ3v) is 8.97. The number of Topliss-reactive ketones (excluding diaryl/α,β-unsaturated/α-hetero) is 1. The zero-order chi connectivity index (χ0) is 32.6. The predicted octanol–water partition coefficient (Wildman–Crippen LogP) is 8.44. The minimum absolute atomic E-state index is 0.0311. The molecule has 5 heteroatoms. The van der Waals surface area contributed by atoms with Gasteiger partial charge in [-0.3, -0.25) is 4.79 Å². The van der Waals surface area contributed by atoms with Gasteiger partial charge in [0.1, 0.15) is 30.5 Å². The van der Waals surface area contributed by atoms with Crippen molar-refractivity contribution in [3.8, 4) is 11.5 Å². The van der Waals surface area contributed by atoms with Crippen LogP contribution < -0.4 is 9.47 Å². The molecule has 0 heterocycles. The standard InChI is InChI=1S/C41H52N2O3/c1-5-42(6-2)27-29-45-38-23-19-35(20-24-38)40(33-15-11-9-12-16-33)31-37(44)32-41(34-17-13-10-14-18-34)36-21-25-39(26-22-36)46-30-28-43(7-3)8-4/h9-26,40-41H,5-8,27-32H2,1-4H3. The largest absolute Gasteiger partial charge is 0.492 e. The van der Waals surface area contributed by atoms with Gasteiger partial charge in [-0.05, 0) is 72.7 Å². The van der Waals surface area contributed by atoms with Gasteiger partial charge in [0, 0.05) is 37.8 Å². The van der Waals surface area contributed by atoms with Crippen LogP contribution in [0.4, 0.5) is 0 Å². The van der Waals surface area contributed by atoms with Gasteiger partial charge in [0.2, 0.25) is 0 Å². The fourth-order valence-electron chi connectivity index (χ4n) is 6.02. The Labute approximate surface area is 277 Å². The summed E-state index contributed by atoms with van der Waals surface area (Å²) in [6, 6.07) is 37.4. The summed E-state index contributed by atoms with van der Waals surface area (Å²) >= 11 is 0. The zero-order valence-electron chi connectivity index (χ0n) is 28.2. The molecule has 4 aromatic carbocycles. The highest BCUT2D eigenvalue weighted by Gasteiger charge is 2.23. The molecule has 0 spiro atoms. The maximum atomic E-state index is 14.0. The lowest BCUT2D eigenvalue weighted by Gasteiger charge is -2.22. The summed E-state index contributed by atoms with van der Waals surface area (Å²) in [6.07, 6.45) is 0.865. The molecule has 0 fully saturated rings. The summed E-state index contributed by atoms with van der Waals surface area (Å²) in [6.45, 7) is 15.9. The molecule has 0 amide bonds. The zero-order valence-corrected chi connectivity index (χ0v) is 28.2. The first-order chi connectivity index (χ1) is 22.5. The third kappa shape index (κ3) is 10.6. The molecule has 2 unspecified atom stereocenters. The lowest BCUT2D eigenvalue weighted by molar-refractivity contribution is -0.119. The topological polar surface area (TPSA) is 42.0 Å². The van der Waals surface area contributed by atoms with Crippen molar-refractivity contribution in [1.82, 2.24) is 9.80 Å². The quantitative estimate of drug-likeness (QED) is 0.0992. The van der Waals surface area contributed by atoms with Crippen LogP contribution in [0.25, 0.3) is 0 Å². The van der Waals surface area contributed by atoms with E-state index in [2.05, 4.69) is 110 Å². The van der Waals surface area contributed by atoms with Gasteiger partial charge in [-0.1, -0.05) is 113 Å². The summed E-state index contributed by atoms with van der Waals surface area (Å²) in [4.78, 5) is 18.7. The molecule has 0 aliphatic carbocycles. The third-order valence-electron chi connectivity index (χ3n) is 8.97. The smallest absolute Gasteiger partial charge is 0.134 e. The van der Waals surface area contributed by atoms with Crippen molar-refractivity contribution in [3.05, 3.63) is 131 Å². The molecule has 244 valence electrons. The molecule has 0 saturated carbocycles. The first-order valence-electron chi connectivity index (χ1n) is 17.1. The fraction of sp³-hybridized carbons (Fsp3) is 0.390. The summed E-state index contributed by atoms with van der Waals surface area (Å²) in [7, 11) is 0. The van der Waals surface area contributed by atoms with Crippen LogP contribution in [0.1, 0.15) is 74.6 Å². The SMILES string of the molecule is CCN(CC)CCOc1ccc(C(CC(=O)CC(c2ccccc2)c2ccc(OCCN(CC)CC)cc2)c2ccccc2)cc1. The molecule has 0 aliphatic rings. The molecule has 2 atom stereocenters. The maximum Gasteiger partial charge on any atom is 0.134 e. The molecule has 0 N–H and O–H groups in total. The van der Waals surface area contributed by atoms with Gasteiger partial charge in [0.15, 0.2) is 0 Å². The van der Waals surface area contributed by atoms with E-state index in [4.69, 9.17) is 9.47 Å². The first-order valence-corrected chi connectivity index (χ1v) is 17.1. The second kappa shape index (κ2) is 18.9. The van der Waals surface area contributed by atoms with Crippen LogP contribution >= 0.6 is 0 Å². The Morgan fingerprint density at radius 1 is 0.500 bits per heavy atom. The number of hydrogen-bond donors (Lipinski definition) is 0. The fourth-order valence-corrected chi connectivity index (χ4v) is 6.02. The number of hydrogen-bond acceptors (Lipinski definition) is 5. The van der Waals surface area contributed by atoms with Crippen LogP contribution in [0, 0.1) is 0 Å². The van der Waals surface area contributed by atoms with Crippen molar-refractivity contribution >= 4 is 5.78 Å². The normalized spacial score (nSPS) is 12.7. The number of carbonyl (C=O) groups is 1. The van der Waals surface area contributed by atoms with Crippen LogP contribution in [-0.4, -0.2) is 68.1 Å². The molecule has 0 bridgehead atoms. The Balaban J connectivity index is 1.47. The van der Waals surface area contributed by atoms with E-state index in [9.17, 15) is 4.79 Å². The van der Waals surface area contributed by atoms with Crippen molar-refractivity contribution < 1.29 is 14.3 Å². The predicted molar refractivity (Wildman–Crippen MR) is 190 cm³/mol. The lowest BCUT2D eigenvalue weighted by atomic mass is 9.82. The second-order valence-electron chi connectivity index (χ2n) is 11.8. The molecule has 4 aromatic rings. The van der Waals surface area contributed by atoms with E-state index in [0.29, 0.717) is 26.1 Å². The molecule has 0 radical (unpaired) electrons. The van der Waals surface area contributed by atoms with E-state index in [0.717, 1.165) is 73.0 Å². The van der Waals surface area contributed by atoms with Gasteiger partial charge in [-0.25, -0.2) is 0 Å². The van der Waals surface area contributed by atoms with E-state index < -0.39 is 0 Å². The minimum Gasteiger partial charge on any atom is -0.492 e. The molecule has 0 aliphatic heterocycles. The van der Waals surface area contributed by atoms with Crippen LogP contribution in [0.15, 0.2) is 109 Å². The Morgan fingerprint density at radius 3 is 1.15 bits per heavy atom. The van der Waals surface area contributed by atoms with E-state index in [1.54, 1.807) is 0 Å². The monoisotopic (exact) mass is 620 g/mol. The number of likely N-dealkylation sites (N-methyl/N-ethyl adjacent to an activating group) is 2. The number of ketones is 1. The molecular formula is C41H52N2O3. The van der Waals surface area contributed by atoms with Crippen molar-refractivity contribution in [2.75, 3.05) is 52.5 Å². The van der Waals surface area contributed by atoms with Crippen LogP contribution in [0.5, 0.6) is 11.5 Å². The lowest BCUT2D eigenvalue weighted by Crippen LogP contribution is -2.27. The van der Waals surface area contributed by atoms with Crippen molar-refractivity contribution in [3.63, 3.8) is 0 Å². The highest BCUT2D eigenvalue weighted by atomic mass is 16.5. The van der Waals surface area contributed by atoms with Crippen LogP contribution in [0.3, 0.4) is 0 Å². The maximum absolute atomic E-state index is 14.0. The van der Waals surface area contributed by atoms with Gasteiger partial charge in [0.05, 0.1) is 0 Å². The number of ether oxygens (including phenoxy) is 2. The Kier molecular flexibility index (Phi) is 14.4. The van der Waals surface area contributed by atoms with Crippen molar-refractivity contribution in [2.24, 2.45) is 0 Å². The Hall–Kier alpha value is -3.93. The number of benzene rings is 4.